The van der Waals surface area contributed by atoms with E-state index >= 15 is 0 Å². The van der Waals surface area contributed by atoms with E-state index < -0.39 is 23.9 Å². The molecule has 1 atom stereocenters. The Morgan fingerprint density at radius 1 is 0.867 bits per heavy atom. The third-order valence-corrected chi connectivity index (χ3v) is 4.36. The Bertz CT molecular complexity index is 503. The van der Waals surface area contributed by atoms with E-state index in [0.717, 1.165) is 19.3 Å². The number of rotatable bonds is 17. The maximum absolute atomic E-state index is 11.7. The molecule has 0 rings (SSSR count). The number of carboxylic acids is 1. The number of carboxylic acid groups (broad SMARTS) is 1. The molecular formula is C20H38N2Na2O6. The predicted molar refractivity (Wildman–Crippen MR) is 108 cm³/mol. The average Bonchev–Trinajstić information content (AvgIpc) is 2.64. The molecule has 0 aromatic heterocycles. The topological polar surface area (TPSA) is 136 Å². The number of carbonyl (C=O) groups is 4. The normalized spacial score (nSPS) is 10.9. The van der Waals surface area contributed by atoms with Gasteiger partial charge in [0.1, 0.15) is 6.04 Å². The van der Waals surface area contributed by atoms with Crippen LogP contribution in [0.5, 0.6) is 0 Å². The van der Waals surface area contributed by atoms with Crippen LogP contribution in [0.3, 0.4) is 0 Å². The number of nitrogens with two attached hydrogens (primary N) is 1. The van der Waals surface area contributed by atoms with Crippen LogP contribution in [0.25, 0.3) is 0 Å². The van der Waals surface area contributed by atoms with Crippen molar-refractivity contribution in [1.29, 1.82) is 0 Å². The molecule has 0 aliphatic carbocycles. The van der Waals surface area contributed by atoms with Gasteiger partial charge in [-0.15, -0.1) is 0 Å². The van der Waals surface area contributed by atoms with E-state index in [4.69, 9.17) is 10.8 Å². The van der Waals surface area contributed by atoms with Crippen LogP contribution in [0.4, 0.5) is 0 Å². The molecule has 0 aromatic rings. The van der Waals surface area contributed by atoms with Crippen LogP contribution in [0.2, 0.25) is 0 Å². The van der Waals surface area contributed by atoms with Crippen molar-refractivity contribution in [3.8, 4) is 0 Å². The van der Waals surface area contributed by atoms with Crippen molar-refractivity contribution >= 4 is 23.8 Å². The first-order valence-electron chi connectivity index (χ1n) is 10.3. The molecule has 0 fully saturated rings. The van der Waals surface area contributed by atoms with Crippen LogP contribution >= 0.6 is 0 Å². The van der Waals surface area contributed by atoms with Gasteiger partial charge < -0.3 is 23.7 Å². The molecular weight excluding hydrogens is 410 g/mol. The standard InChI is InChI=1S/C20H36N2O6.2Na.2H/c1-2-3-4-5-6-7-8-9-10-11-17(23)22-15-14-19(25)28-18(24)13-12-16(21)20(26)27;;;;/h16H,2-15,21H2,1H3,(H,22,23)(H,26,27);;;;/q;2*+1;2*-1/t16-;;;;/m0..../s1. The summed E-state index contributed by atoms with van der Waals surface area (Å²) >= 11 is 0. The molecule has 0 aliphatic heterocycles. The van der Waals surface area contributed by atoms with E-state index in [-0.39, 0.29) is 93.7 Å². The number of nitrogens with one attached hydrogen (secondary N) is 1. The van der Waals surface area contributed by atoms with E-state index in [9.17, 15) is 19.2 Å². The number of unbranched alkanes of at least 4 members (excludes halogenated alkanes) is 8. The first-order valence-corrected chi connectivity index (χ1v) is 10.3. The van der Waals surface area contributed by atoms with E-state index in [1.54, 1.807) is 0 Å². The van der Waals surface area contributed by atoms with Crippen molar-refractivity contribution in [3.05, 3.63) is 0 Å². The van der Waals surface area contributed by atoms with Gasteiger partial charge in [0.05, 0.1) is 6.42 Å². The molecule has 0 aromatic carbocycles. The molecule has 0 saturated carbocycles. The van der Waals surface area contributed by atoms with Crippen LogP contribution in [-0.2, 0) is 23.9 Å². The molecule has 166 valence electrons. The first kappa shape index (κ1) is 34.6. The zero-order valence-corrected chi connectivity index (χ0v) is 23.0. The fraction of sp³-hybridized carbons (Fsp3) is 0.800. The minimum absolute atomic E-state index is 0. The minimum atomic E-state index is -1.21. The van der Waals surface area contributed by atoms with Crippen LogP contribution in [0.15, 0.2) is 0 Å². The van der Waals surface area contributed by atoms with Gasteiger partial charge in [-0.25, -0.2) is 0 Å². The second-order valence-electron chi connectivity index (χ2n) is 7.01. The summed E-state index contributed by atoms with van der Waals surface area (Å²) in [4.78, 5) is 45.1. The molecule has 8 nitrogen and oxygen atoms in total. The number of aliphatic carboxylic acids is 1. The van der Waals surface area contributed by atoms with Gasteiger partial charge in [0.15, 0.2) is 0 Å². The third-order valence-electron chi connectivity index (χ3n) is 4.36. The Hall–Kier alpha value is 0.0400. The molecule has 30 heavy (non-hydrogen) atoms. The number of hydrogen-bond donors (Lipinski definition) is 3. The summed E-state index contributed by atoms with van der Waals surface area (Å²) in [5.74, 6) is -2.90. The molecule has 1 amide bonds. The summed E-state index contributed by atoms with van der Waals surface area (Å²) < 4.78 is 4.55. The van der Waals surface area contributed by atoms with E-state index in [0.29, 0.717) is 6.42 Å². The van der Waals surface area contributed by atoms with Gasteiger partial charge in [-0.1, -0.05) is 58.3 Å². The van der Waals surface area contributed by atoms with Crippen LogP contribution in [0.1, 0.15) is 93.2 Å². The predicted octanol–water partition coefficient (Wildman–Crippen LogP) is -3.09. The largest absolute Gasteiger partial charge is 1.00 e. The summed E-state index contributed by atoms with van der Waals surface area (Å²) in [7, 11) is 0. The molecule has 0 heterocycles. The Morgan fingerprint density at radius 2 is 1.37 bits per heavy atom. The fourth-order valence-corrected chi connectivity index (χ4v) is 2.61. The number of ether oxygens (including phenoxy) is 1. The zero-order valence-electron chi connectivity index (χ0n) is 21.0. The monoisotopic (exact) mass is 448 g/mol. The van der Waals surface area contributed by atoms with Gasteiger partial charge in [-0.05, 0) is 12.8 Å². The molecule has 0 bridgehead atoms. The Balaban J connectivity index is -0.000000607. The van der Waals surface area contributed by atoms with Gasteiger partial charge >= 0.3 is 77.0 Å². The van der Waals surface area contributed by atoms with Crippen molar-refractivity contribution in [2.75, 3.05) is 6.54 Å². The second kappa shape index (κ2) is 23.7. The Morgan fingerprint density at radius 3 is 1.90 bits per heavy atom. The van der Waals surface area contributed by atoms with Crippen LogP contribution in [0, 0.1) is 0 Å². The number of hydrogen-bond acceptors (Lipinski definition) is 6. The molecule has 0 unspecified atom stereocenters. The van der Waals surface area contributed by atoms with Gasteiger partial charge in [0.25, 0.3) is 0 Å². The van der Waals surface area contributed by atoms with Gasteiger partial charge in [0.2, 0.25) is 5.91 Å². The van der Waals surface area contributed by atoms with Crippen LogP contribution < -0.4 is 70.2 Å². The average molecular weight is 449 g/mol. The van der Waals surface area contributed by atoms with Crippen molar-refractivity contribution in [3.63, 3.8) is 0 Å². The van der Waals surface area contributed by atoms with E-state index in [1.165, 1.54) is 38.5 Å². The summed E-state index contributed by atoms with van der Waals surface area (Å²) in [6.07, 6.45) is 10.6. The summed E-state index contributed by atoms with van der Waals surface area (Å²) in [6.45, 7) is 2.31. The van der Waals surface area contributed by atoms with Crippen molar-refractivity contribution < 1.29 is 91.0 Å². The Kier molecular flexibility index (Phi) is 27.4. The summed E-state index contributed by atoms with van der Waals surface area (Å²) in [5.41, 5.74) is 5.26. The maximum Gasteiger partial charge on any atom is 1.00 e. The molecule has 0 aliphatic rings. The van der Waals surface area contributed by atoms with Gasteiger partial charge in [-0.2, -0.15) is 0 Å². The number of amides is 1. The van der Waals surface area contributed by atoms with Crippen molar-refractivity contribution in [2.24, 2.45) is 5.73 Å². The van der Waals surface area contributed by atoms with Crippen LogP contribution in [-0.4, -0.2) is 41.5 Å². The minimum Gasteiger partial charge on any atom is -1.00 e. The number of esters is 2. The Labute approximate surface area is 227 Å². The molecule has 0 saturated heterocycles. The summed E-state index contributed by atoms with van der Waals surface area (Å²) in [5, 5.41) is 11.2. The smallest absolute Gasteiger partial charge is 1.00 e. The van der Waals surface area contributed by atoms with Crippen molar-refractivity contribution in [2.45, 2.75) is 96.4 Å². The third kappa shape index (κ3) is 22.7. The quantitative estimate of drug-likeness (QED) is 0.0929. The van der Waals surface area contributed by atoms with Crippen molar-refractivity contribution in [1.82, 2.24) is 5.32 Å². The number of carbonyl (C=O) groups excluding carboxylic acids is 3. The van der Waals surface area contributed by atoms with E-state index in [2.05, 4.69) is 17.0 Å². The molecule has 0 spiro atoms. The zero-order chi connectivity index (χ0) is 21.2. The maximum atomic E-state index is 11.7. The van der Waals surface area contributed by atoms with Gasteiger partial charge in [-0.3, -0.25) is 19.2 Å². The second-order valence-corrected chi connectivity index (χ2v) is 7.01. The molecule has 0 radical (unpaired) electrons. The summed E-state index contributed by atoms with van der Waals surface area (Å²) in [6, 6.07) is -1.16. The fourth-order valence-electron chi connectivity index (χ4n) is 2.61. The molecule has 10 heteroatoms. The first-order chi connectivity index (χ1) is 13.4. The molecule has 4 N–H and O–H groups in total. The van der Waals surface area contributed by atoms with E-state index in [1.807, 2.05) is 0 Å². The van der Waals surface area contributed by atoms with Gasteiger partial charge in [0, 0.05) is 19.4 Å². The SMILES string of the molecule is CCCCCCCCCCCC(=O)NCCC(=O)OC(=O)CC[C@H](N)C(=O)O.[H-].[H-].[Na+].[Na+].